The molecule has 0 unspecified atom stereocenters. The highest BCUT2D eigenvalue weighted by atomic mass is 79.9. The number of hydrogen-bond acceptors (Lipinski definition) is 1. The van der Waals surface area contributed by atoms with Crippen LogP contribution in [0.4, 0.5) is 4.39 Å². The van der Waals surface area contributed by atoms with Crippen LogP contribution < -0.4 is 0 Å². The first-order valence-corrected chi connectivity index (χ1v) is 6.76. The first-order valence-electron chi connectivity index (χ1n) is 5.64. The summed E-state index contributed by atoms with van der Waals surface area (Å²) in [6, 6.07) is 6.30. The standard InChI is InChI=1S/C14H13BrFNO/c1-10(18)13-8-17(6-5-15)9-14(13)11-3-2-4-12(16)7-11/h2-4,7-9H,5-6H2,1H3. The van der Waals surface area contributed by atoms with Gasteiger partial charge in [0.15, 0.2) is 5.78 Å². The minimum atomic E-state index is -0.296. The van der Waals surface area contributed by atoms with Crippen molar-refractivity contribution < 1.29 is 9.18 Å². The summed E-state index contributed by atoms with van der Waals surface area (Å²) in [5.74, 6) is -0.308. The number of aryl methyl sites for hydroxylation is 1. The molecule has 2 aromatic rings. The van der Waals surface area contributed by atoms with Crippen molar-refractivity contribution in [3.63, 3.8) is 0 Å². The van der Waals surface area contributed by atoms with E-state index in [2.05, 4.69) is 15.9 Å². The molecule has 0 bridgehead atoms. The highest BCUT2D eigenvalue weighted by Crippen LogP contribution is 2.26. The second kappa shape index (κ2) is 5.48. The fourth-order valence-corrected chi connectivity index (χ4v) is 2.31. The van der Waals surface area contributed by atoms with E-state index in [1.165, 1.54) is 19.1 Å². The van der Waals surface area contributed by atoms with Crippen molar-refractivity contribution in [1.29, 1.82) is 0 Å². The SMILES string of the molecule is CC(=O)c1cn(CCBr)cc1-c1cccc(F)c1. The largest absolute Gasteiger partial charge is 0.352 e. The van der Waals surface area contributed by atoms with Gasteiger partial charge in [0.25, 0.3) is 0 Å². The van der Waals surface area contributed by atoms with E-state index in [1.807, 2.05) is 23.0 Å². The van der Waals surface area contributed by atoms with Crippen LogP contribution in [-0.4, -0.2) is 15.7 Å². The van der Waals surface area contributed by atoms with Crippen LogP contribution >= 0.6 is 15.9 Å². The van der Waals surface area contributed by atoms with Gasteiger partial charge in [-0.15, -0.1) is 0 Å². The molecule has 1 aromatic carbocycles. The molecular weight excluding hydrogens is 297 g/mol. The molecule has 0 atom stereocenters. The molecule has 0 fully saturated rings. The second-order valence-corrected chi connectivity index (χ2v) is 4.87. The van der Waals surface area contributed by atoms with Crippen molar-refractivity contribution in [1.82, 2.24) is 4.57 Å². The van der Waals surface area contributed by atoms with E-state index in [1.54, 1.807) is 6.07 Å². The zero-order chi connectivity index (χ0) is 13.1. The topological polar surface area (TPSA) is 22.0 Å². The maximum atomic E-state index is 13.2. The van der Waals surface area contributed by atoms with E-state index < -0.39 is 0 Å². The van der Waals surface area contributed by atoms with Gasteiger partial charge in [-0.3, -0.25) is 4.79 Å². The third kappa shape index (κ3) is 2.70. The average Bonchev–Trinajstić information content (AvgIpc) is 2.74. The minimum absolute atomic E-state index is 0.0115. The van der Waals surface area contributed by atoms with E-state index in [0.29, 0.717) is 5.56 Å². The molecule has 0 aliphatic heterocycles. The zero-order valence-electron chi connectivity index (χ0n) is 9.99. The number of halogens is 2. The highest BCUT2D eigenvalue weighted by Gasteiger charge is 2.13. The van der Waals surface area contributed by atoms with E-state index in [0.717, 1.165) is 23.0 Å². The molecule has 0 amide bonds. The second-order valence-electron chi connectivity index (χ2n) is 4.08. The smallest absolute Gasteiger partial charge is 0.161 e. The lowest BCUT2D eigenvalue weighted by Crippen LogP contribution is -1.95. The predicted octanol–water partition coefficient (Wildman–Crippen LogP) is 3.89. The average molecular weight is 310 g/mol. The van der Waals surface area contributed by atoms with Gasteiger partial charge in [0.05, 0.1) is 0 Å². The number of aromatic nitrogens is 1. The molecule has 4 heteroatoms. The molecule has 1 heterocycles. The summed E-state index contributed by atoms with van der Waals surface area (Å²) in [5.41, 5.74) is 2.14. The number of carbonyl (C=O) groups is 1. The number of rotatable bonds is 4. The molecule has 2 rings (SSSR count). The summed E-state index contributed by atoms with van der Waals surface area (Å²) in [6.07, 6.45) is 3.69. The van der Waals surface area contributed by atoms with Crippen molar-refractivity contribution in [3.8, 4) is 11.1 Å². The van der Waals surface area contributed by atoms with E-state index in [-0.39, 0.29) is 11.6 Å². The molecule has 1 aromatic heterocycles. The van der Waals surface area contributed by atoms with Crippen LogP contribution in [0, 0.1) is 5.82 Å². The number of alkyl halides is 1. The number of carbonyl (C=O) groups excluding carboxylic acids is 1. The Labute approximate surface area is 114 Å². The maximum Gasteiger partial charge on any atom is 0.161 e. The van der Waals surface area contributed by atoms with Crippen molar-refractivity contribution in [2.45, 2.75) is 13.5 Å². The third-order valence-electron chi connectivity index (χ3n) is 2.74. The lowest BCUT2D eigenvalue weighted by molar-refractivity contribution is 0.101. The monoisotopic (exact) mass is 309 g/mol. The molecule has 18 heavy (non-hydrogen) atoms. The fraction of sp³-hybridized carbons (Fsp3) is 0.214. The lowest BCUT2D eigenvalue weighted by atomic mass is 10.0. The molecule has 2 nitrogen and oxygen atoms in total. The summed E-state index contributed by atoms with van der Waals surface area (Å²) in [7, 11) is 0. The summed E-state index contributed by atoms with van der Waals surface area (Å²) in [5, 5.41) is 0.807. The van der Waals surface area contributed by atoms with E-state index in [9.17, 15) is 9.18 Å². The molecular formula is C14H13BrFNO. The molecule has 0 N–H and O–H groups in total. The number of hydrogen-bond donors (Lipinski definition) is 0. The van der Waals surface area contributed by atoms with Crippen LogP contribution in [0.3, 0.4) is 0 Å². The van der Waals surface area contributed by atoms with Crippen molar-refractivity contribution >= 4 is 21.7 Å². The van der Waals surface area contributed by atoms with Crippen LogP contribution in [0.15, 0.2) is 36.7 Å². The number of benzene rings is 1. The highest BCUT2D eigenvalue weighted by molar-refractivity contribution is 9.09. The van der Waals surface area contributed by atoms with Crippen LogP contribution in [0.2, 0.25) is 0 Å². The Morgan fingerprint density at radius 3 is 2.78 bits per heavy atom. The van der Waals surface area contributed by atoms with Gasteiger partial charge in [0.1, 0.15) is 5.82 Å². The maximum absolute atomic E-state index is 13.2. The fourth-order valence-electron chi connectivity index (χ4n) is 1.90. The van der Waals surface area contributed by atoms with Crippen LogP contribution in [0.5, 0.6) is 0 Å². The van der Waals surface area contributed by atoms with Crippen molar-refractivity contribution in [2.24, 2.45) is 0 Å². The first-order chi connectivity index (χ1) is 8.61. The molecule has 0 radical (unpaired) electrons. The van der Waals surface area contributed by atoms with Crippen LogP contribution in [0.25, 0.3) is 11.1 Å². The van der Waals surface area contributed by atoms with Gasteiger partial charge in [-0.2, -0.15) is 0 Å². The summed E-state index contributed by atoms with van der Waals surface area (Å²) < 4.78 is 15.2. The Kier molecular flexibility index (Phi) is 3.97. The first kappa shape index (κ1) is 13.0. The van der Waals surface area contributed by atoms with Crippen molar-refractivity contribution in [2.75, 3.05) is 5.33 Å². The molecule has 0 aliphatic rings. The van der Waals surface area contributed by atoms with Crippen LogP contribution in [0.1, 0.15) is 17.3 Å². The van der Waals surface area contributed by atoms with Gasteiger partial charge in [-0.1, -0.05) is 28.1 Å². The third-order valence-corrected chi connectivity index (χ3v) is 3.09. The number of ketones is 1. The van der Waals surface area contributed by atoms with Gasteiger partial charge in [-0.25, -0.2) is 4.39 Å². The zero-order valence-corrected chi connectivity index (χ0v) is 11.6. The van der Waals surface area contributed by atoms with Gasteiger partial charge >= 0.3 is 0 Å². The van der Waals surface area contributed by atoms with Gasteiger partial charge < -0.3 is 4.57 Å². The quantitative estimate of drug-likeness (QED) is 0.620. The van der Waals surface area contributed by atoms with Gasteiger partial charge in [0.2, 0.25) is 0 Å². The van der Waals surface area contributed by atoms with Crippen LogP contribution in [-0.2, 0) is 6.54 Å². The Morgan fingerprint density at radius 2 is 2.17 bits per heavy atom. The Hall–Kier alpha value is -1.42. The minimum Gasteiger partial charge on any atom is -0.352 e. The number of nitrogens with zero attached hydrogens (tertiary/aromatic N) is 1. The molecule has 0 saturated carbocycles. The summed E-state index contributed by atoms with van der Waals surface area (Å²) >= 11 is 3.36. The summed E-state index contributed by atoms with van der Waals surface area (Å²) in [4.78, 5) is 11.6. The summed E-state index contributed by atoms with van der Waals surface area (Å²) in [6.45, 7) is 2.30. The van der Waals surface area contributed by atoms with Gasteiger partial charge in [0, 0.05) is 35.4 Å². The molecule has 0 aliphatic carbocycles. The molecule has 94 valence electrons. The molecule has 0 spiro atoms. The van der Waals surface area contributed by atoms with E-state index in [4.69, 9.17) is 0 Å². The van der Waals surface area contributed by atoms with E-state index >= 15 is 0 Å². The lowest BCUT2D eigenvalue weighted by Gasteiger charge is -2.01. The Morgan fingerprint density at radius 1 is 1.39 bits per heavy atom. The van der Waals surface area contributed by atoms with Gasteiger partial charge in [-0.05, 0) is 24.6 Å². The Balaban J connectivity index is 2.51. The predicted molar refractivity (Wildman–Crippen MR) is 73.6 cm³/mol. The molecule has 0 saturated heterocycles. The Bertz CT molecular complexity index is 577. The number of Topliss-reactive ketones (excluding diaryl/α,β-unsaturated/α-hetero) is 1. The van der Waals surface area contributed by atoms with Crippen molar-refractivity contribution in [3.05, 3.63) is 48.0 Å². The normalized spacial score (nSPS) is 10.6.